The molecule has 7 nitrogen and oxygen atoms in total. The van der Waals surface area contributed by atoms with Crippen LogP contribution in [-0.4, -0.2) is 38.4 Å². The van der Waals surface area contributed by atoms with Gasteiger partial charge in [0.2, 0.25) is 0 Å². The molecule has 0 fully saturated rings. The molecule has 0 spiro atoms. The van der Waals surface area contributed by atoms with E-state index in [4.69, 9.17) is 4.74 Å². The highest BCUT2D eigenvalue weighted by Gasteiger charge is 2.18. The Labute approximate surface area is 135 Å². The van der Waals surface area contributed by atoms with E-state index < -0.39 is 16.1 Å². The third kappa shape index (κ3) is 6.37. The van der Waals surface area contributed by atoms with Crippen molar-refractivity contribution < 1.29 is 32.0 Å². The molecule has 128 valence electrons. The van der Waals surface area contributed by atoms with Gasteiger partial charge in [-0.15, -0.1) is 0 Å². The number of benzene rings is 1. The number of methoxy groups -OCH3 is 1. The number of Topliss-reactive ketones (excluding diaryl/α,β-unsaturated/α-hetero) is 1. The summed E-state index contributed by atoms with van der Waals surface area (Å²) in [5.74, 6) is -0.237. The van der Waals surface area contributed by atoms with Crippen LogP contribution in [0, 0.1) is 0 Å². The lowest BCUT2D eigenvalue weighted by Gasteiger charge is -2.10. The second-order valence-electron chi connectivity index (χ2n) is 4.82. The predicted octanol–water partition coefficient (Wildman–Crippen LogP) is 1.79. The summed E-state index contributed by atoms with van der Waals surface area (Å²) < 4.78 is 41.8. The highest BCUT2D eigenvalue weighted by molar-refractivity contribution is 7.85. The van der Waals surface area contributed by atoms with Gasteiger partial charge in [0.1, 0.15) is 11.5 Å². The SMILES string of the molecule is CCOc1ccc(S(=O)(=O)O)c(CC(=O)CCCC(=O)OC)c1. The molecular weight excluding hydrogens is 324 g/mol. The smallest absolute Gasteiger partial charge is 0.305 e. The van der Waals surface area contributed by atoms with Gasteiger partial charge in [0.05, 0.1) is 18.6 Å². The van der Waals surface area contributed by atoms with E-state index in [1.807, 2.05) is 0 Å². The van der Waals surface area contributed by atoms with Gasteiger partial charge in [-0.1, -0.05) is 0 Å². The molecule has 0 atom stereocenters. The number of ether oxygens (including phenoxy) is 2. The molecule has 23 heavy (non-hydrogen) atoms. The fraction of sp³-hybridized carbons (Fsp3) is 0.467. The zero-order chi connectivity index (χ0) is 17.5. The Bertz CT molecular complexity index is 664. The summed E-state index contributed by atoms with van der Waals surface area (Å²) in [5.41, 5.74) is 0.168. The molecule has 0 aliphatic rings. The predicted molar refractivity (Wildman–Crippen MR) is 82.0 cm³/mol. The largest absolute Gasteiger partial charge is 0.494 e. The molecule has 0 aromatic heterocycles. The number of esters is 1. The van der Waals surface area contributed by atoms with Crippen LogP contribution >= 0.6 is 0 Å². The van der Waals surface area contributed by atoms with E-state index in [9.17, 15) is 22.6 Å². The van der Waals surface area contributed by atoms with Gasteiger partial charge in [0.25, 0.3) is 10.1 Å². The molecule has 1 aromatic carbocycles. The second kappa shape index (κ2) is 8.64. The van der Waals surface area contributed by atoms with Gasteiger partial charge in [-0.25, -0.2) is 0 Å². The van der Waals surface area contributed by atoms with E-state index in [1.165, 1.54) is 25.3 Å². The summed E-state index contributed by atoms with van der Waals surface area (Å²) in [4.78, 5) is 22.6. The van der Waals surface area contributed by atoms with E-state index in [0.717, 1.165) is 0 Å². The summed E-state index contributed by atoms with van der Waals surface area (Å²) in [6.07, 6.45) is 0.375. The maximum absolute atomic E-state index is 12.0. The van der Waals surface area contributed by atoms with Crippen molar-refractivity contribution in [3.63, 3.8) is 0 Å². The Hall–Kier alpha value is -1.93. The first-order valence-corrected chi connectivity index (χ1v) is 8.53. The van der Waals surface area contributed by atoms with Crippen LogP contribution in [0.4, 0.5) is 0 Å². The standard InChI is InChI=1S/C15H20O7S/c1-3-22-13-7-8-14(23(18,19)20)11(10-13)9-12(16)5-4-6-15(17)21-2/h7-8,10H,3-6,9H2,1-2H3,(H,18,19,20). The number of ketones is 1. The van der Waals surface area contributed by atoms with E-state index in [1.54, 1.807) is 6.92 Å². The maximum atomic E-state index is 12.0. The molecule has 1 aromatic rings. The fourth-order valence-electron chi connectivity index (χ4n) is 2.03. The quantitative estimate of drug-likeness (QED) is 0.537. The van der Waals surface area contributed by atoms with Crippen LogP contribution in [0.1, 0.15) is 31.7 Å². The van der Waals surface area contributed by atoms with Gasteiger partial charge >= 0.3 is 5.97 Å². The van der Waals surface area contributed by atoms with Crippen molar-refractivity contribution in [1.82, 2.24) is 0 Å². The number of carbonyl (C=O) groups excluding carboxylic acids is 2. The summed E-state index contributed by atoms with van der Waals surface area (Å²) in [7, 11) is -3.16. The molecule has 1 N–H and O–H groups in total. The Morgan fingerprint density at radius 3 is 2.48 bits per heavy atom. The van der Waals surface area contributed by atoms with Gasteiger partial charge in [-0.05, 0) is 37.1 Å². The average molecular weight is 344 g/mol. The first kappa shape index (κ1) is 19.1. The summed E-state index contributed by atoms with van der Waals surface area (Å²) >= 11 is 0. The van der Waals surface area contributed by atoms with Crippen molar-refractivity contribution in [2.24, 2.45) is 0 Å². The molecule has 0 unspecified atom stereocenters. The van der Waals surface area contributed by atoms with Crippen LogP contribution < -0.4 is 4.74 Å². The monoisotopic (exact) mass is 344 g/mol. The molecule has 0 aliphatic heterocycles. The van der Waals surface area contributed by atoms with Crippen molar-refractivity contribution in [1.29, 1.82) is 0 Å². The Kier molecular flexibility index (Phi) is 7.18. The topological polar surface area (TPSA) is 107 Å². The normalized spacial score (nSPS) is 11.1. The summed E-state index contributed by atoms with van der Waals surface area (Å²) in [6.45, 7) is 2.16. The maximum Gasteiger partial charge on any atom is 0.305 e. The number of hydrogen-bond donors (Lipinski definition) is 1. The molecule has 0 amide bonds. The van der Waals surface area contributed by atoms with Crippen LogP contribution in [-0.2, 0) is 30.9 Å². The van der Waals surface area contributed by atoms with Crippen LogP contribution in [0.2, 0.25) is 0 Å². The van der Waals surface area contributed by atoms with Crippen molar-refractivity contribution >= 4 is 21.9 Å². The van der Waals surface area contributed by atoms with Gasteiger partial charge in [0, 0.05) is 19.3 Å². The van der Waals surface area contributed by atoms with E-state index in [0.29, 0.717) is 18.8 Å². The van der Waals surface area contributed by atoms with E-state index >= 15 is 0 Å². The number of carbonyl (C=O) groups is 2. The summed E-state index contributed by atoms with van der Waals surface area (Å²) in [6, 6.07) is 4.04. The average Bonchev–Trinajstić information content (AvgIpc) is 2.46. The van der Waals surface area contributed by atoms with Crippen molar-refractivity contribution in [2.75, 3.05) is 13.7 Å². The van der Waals surface area contributed by atoms with Crippen LogP contribution in [0.15, 0.2) is 23.1 Å². The lowest BCUT2D eigenvalue weighted by atomic mass is 10.0. The van der Waals surface area contributed by atoms with Crippen LogP contribution in [0.25, 0.3) is 0 Å². The van der Waals surface area contributed by atoms with Crippen molar-refractivity contribution in [2.45, 2.75) is 37.5 Å². The molecule has 0 saturated carbocycles. The molecule has 0 radical (unpaired) electrons. The fourth-order valence-corrected chi connectivity index (χ4v) is 2.74. The van der Waals surface area contributed by atoms with Crippen molar-refractivity contribution in [3.8, 4) is 5.75 Å². The molecule has 8 heteroatoms. The minimum Gasteiger partial charge on any atom is -0.494 e. The minimum atomic E-state index is -4.43. The third-order valence-corrected chi connectivity index (χ3v) is 4.03. The Morgan fingerprint density at radius 1 is 1.22 bits per heavy atom. The van der Waals surface area contributed by atoms with Gasteiger partial charge < -0.3 is 9.47 Å². The lowest BCUT2D eigenvalue weighted by Crippen LogP contribution is -2.10. The molecule has 0 aliphatic carbocycles. The Morgan fingerprint density at radius 2 is 1.91 bits per heavy atom. The first-order chi connectivity index (χ1) is 10.8. The van der Waals surface area contributed by atoms with Crippen LogP contribution in [0.5, 0.6) is 5.75 Å². The first-order valence-electron chi connectivity index (χ1n) is 7.09. The van der Waals surface area contributed by atoms with Crippen molar-refractivity contribution in [3.05, 3.63) is 23.8 Å². The van der Waals surface area contributed by atoms with E-state index in [-0.39, 0.29) is 35.5 Å². The summed E-state index contributed by atoms with van der Waals surface area (Å²) in [5, 5.41) is 0. The van der Waals surface area contributed by atoms with E-state index in [2.05, 4.69) is 4.74 Å². The highest BCUT2D eigenvalue weighted by Crippen LogP contribution is 2.23. The Balaban J connectivity index is 2.85. The molecule has 0 saturated heterocycles. The minimum absolute atomic E-state index is 0.110. The van der Waals surface area contributed by atoms with Gasteiger partial charge in [0.15, 0.2) is 0 Å². The zero-order valence-corrected chi connectivity index (χ0v) is 13.9. The number of hydrogen-bond acceptors (Lipinski definition) is 6. The van der Waals surface area contributed by atoms with Gasteiger partial charge in [-0.2, -0.15) is 8.42 Å². The third-order valence-electron chi connectivity index (χ3n) is 3.07. The van der Waals surface area contributed by atoms with Crippen LogP contribution in [0.3, 0.4) is 0 Å². The molecule has 0 bridgehead atoms. The molecular formula is C15H20O7S. The molecule has 1 rings (SSSR count). The molecule has 0 heterocycles. The zero-order valence-electron chi connectivity index (χ0n) is 13.1. The van der Waals surface area contributed by atoms with Gasteiger partial charge in [-0.3, -0.25) is 14.1 Å². The lowest BCUT2D eigenvalue weighted by molar-refractivity contribution is -0.140. The highest BCUT2D eigenvalue weighted by atomic mass is 32.2. The second-order valence-corrected chi connectivity index (χ2v) is 6.21. The number of rotatable bonds is 9.